The summed E-state index contributed by atoms with van der Waals surface area (Å²) in [4.78, 5) is 14.4. The maximum Gasteiger partial charge on any atom is 0.230 e. The minimum atomic E-state index is -0.413. The van der Waals surface area contributed by atoms with Crippen LogP contribution in [0.15, 0.2) is 18.2 Å². The van der Waals surface area contributed by atoms with E-state index in [2.05, 4.69) is 28.4 Å². The Labute approximate surface area is 108 Å². The maximum atomic E-state index is 12.0. The molecule has 1 aromatic carbocycles. The molecule has 18 heavy (non-hydrogen) atoms. The molecule has 2 aliphatic heterocycles. The monoisotopic (exact) mass is 244 g/mol. The van der Waals surface area contributed by atoms with Crippen LogP contribution >= 0.6 is 0 Å². The van der Waals surface area contributed by atoms with Gasteiger partial charge in [-0.05, 0) is 43.9 Å². The van der Waals surface area contributed by atoms with E-state index in [9.17, 15) is 4.79 Å². The summed E-state index contributed by atoms with van der Waals surface area (Å²) in [6.45, 7) is 6.97. The van der Waals surface area contributed by atoms with Crippen LogP contribution in [0.3, 0.4) is 0 Å². The van der Waals surface area contributed by atoms with Crippen molar-refractivity contribution in [2.24, 2.45) is 0 Å². The van der Waals surface area contributed by atoms with Crippen LogP contribution in [0.25, 0.3) is 0 Å². The van der Waals surface area contributed by atoms with Crippen molar-refractivity contribution >= 4 is 11.6 Å². The predicted molar refractivity (Wildman–Crippen MR) is 72.8 cm³/mol. The number of fused-ring (bicyclic) bond motifs is 1. The number of anilines is 1. The van der Waals surface area contributed by atoms with Crippen LogP contribution in [0.1, 0.15) is 37.8 Å². The second-order valence-electron chi connectivity index (χ2n) is 5.81. The van der Waals surface area contributed by atoms with E-state index in [1.165, 1.54) is 29.7 Å². The fourth-order valence-corrected chi connectivity index (χ4v) is 3.11. The highest BCUT2D eigenvalue weighted by Crippen LogP contribution is 2.36. The first kappa shape index (κ1) is 11.6. The molecule has 0 atom stereocenters. The third-order valence-electron chi connectivity index (χ3n) is 4.26. The molecule has 2 aliphatic rings. The summed E-state index contributed by atoms with van der Waals surface area (Å²) in [7, 11) is 0. The molecule has 3 nitrogen and oxygen atoms in total. The van der Waals surface area contributed by atoms with Crippen molar-refractivity contribution < 1.29 is 4.79 Å². The lowest BCUT2D eigenvalue weighted by molar-refractivity contribution is -0.126. The van der Waals surface area contributed by atoms with E-state index in [0.29, 0.717) is 6.54 Å². The van der Waals surface area contributed by atoms with Crippen molar-refractivity contribution in [2.45, 2.75) is 38.6 Å². The van der Waals surface area contributed by atoms with Crippen LogP contribution < -0.4 is 10.2 Å². The average Bonchev–Trinajstić information content (AvgIpc) is 2.87. The Bertz CT molecular complexity index is 487. The molecule has 1 saturated heterocycles. The number of amides is 1. The first-order valence-electron chi connectivity index (χ1n) is 6.76. The number of hydrogen-bond donors (Lipinski definition) is 1. The summed E-state index contributed by atoms with van der Waals surface area (Å²) >= 11 is 0. The van der Waals surface area contributed by atoms with Gasteiger partial charge >= 0.3 is 0 Å². The molecule has 0 aliphatic carbocycles. The van der Waals surface area contributed by atoms with Gasteiger partial charge in [0.05, 0.1) is 5.41 Å². The molecule has 0 unspecified atom stereocenters. The summed E-state index contributed by atoms with van der Waals surface area (Å²) < 4.78 is 0. The van der Waals surface area contributed by atoms with E-state index in [1.807, 2.05) is 13.8 Å². The molecule has 0 aromatic heterocycles. The maximum absolute atomic E-state index is 12.0. The number of rotatable bonds is 1. The van der Waals surface area contributed by atoms with E-state index < -0.39 is 5.41 Å². The van der Waals surface area contributed by atoms with Crippen molar-refractivity contribution in [1.29, 1.82) is 0 Å². The average molecular weight is 244 g/mol. The molecule has 1 fully saturated rings. The van der Waals surface area contributed by atoms with Crippen LogP contribution in [0.5, 0.6) is 0 Å². The van der Waals surface area contributed by atoms with Gasteiger partial charge < -0.3 is 10.2 Å². The van der Waals surface area contributed by atoms with E-state index in [-0.39, 0.29) is 5.91 Å². The fourth-order valence-electron chi connectivity index (χ4n) is 3.11. The Morgan fingerprint density at radius 1 is 1.22 bits per heavy atom. The van der Waals surface area contributed by atoms with E-state index in [0.717, 1.165) is 13.1 Å². The first-order valence-corrected chi connectivity index (χ1v) is 6.76. The summed E-state index contributed by atoms with van der Waals surface area (Å²) in [5.74, 6) is 0.133. The highest BCUT2D eigenvalue weighted by molar-refractivity contribution is 5.90. The predicted octanol–water partition coefficient (Wildman–Crippen LogP) is 2.19. The number of nitrogens with one attached hydrogen (secondary N) is 1. The molecule has 3 rings (SSSR count). The molecule has 1 aromatic rings. The molecule has 1 amide bonds. The van der Waals surface area contributed by atoms with Crippen molar-refractivity contribution in [3.05, 3.63) is 29.3 Å². The van der Waals surface area contributed by atoms with Gasteiger partial charge in [0.1, 0.15) is 0 Å². The van der Waals surface area contributed by atoms with Gasteiger partial charge in [-0.25, -0.2) is 0 Å². The number of nitrogens with zero attached hydrogens (tertiary/aromatic N) is 1. The van der Waals surface area contributed by atoms with Gasteiger partial charge in [-0.2, -0.15) is 0 Å². The molecule has 0 radical (unpaired) electrons. The van der Waals surface area contributed by atoms with Crippen molar-refractivity contribution in [3.63, 3.8) is 0 Å². The van der Waals surface area contributed by atoms with Crippen molar-refractivity contribution in [1.82, 2.24) is 5.32 Å². The lowest BCUT2D eigenvalue weighted by Crippen LogP contribution is -2.45. The van der Waals surface area contributed by atoms with Crippen LogP contribution in [0, 0.1) is 0 Å². The van der Waals surface area contributed by atoms with Crippen LogP contribution in [0.4, 0.5) is 5.69 Å². The third-order valence-corrected chi connectivity index (χ3v) is 4.26. The Morgan fingerprint density at radius 3 is 2.67 bits per heavy atom. The second kappa shape index (κ2) is 4.01. The first-order chi connectivity index (χ1) is 8.60. The fraction of sp³-hybridized carbons (Fsp3) is 0.533. The van der Waals surface area contributed by atoms with E-state index in [1.54, 1.807) is 0 Å². The van der Waals surface area contributed by atoms with Crippen molar-refractivity contribution in [3.8, 4) is 0 Å². The number of carbonyl (C=O) groups excluding carboxylic acids is 1. The summed E-state index contributed by atoms with van der Waals surface area (Å²) in [6.07, 6.45) is 2.55. The highest BCUT2D eigenvalue weighted by Gasteiger charge is 2.36. The Kier molecular flexibility index (Phi) is 2.58. The zero-order valence-electron chi connectivity index (χ0n) is 11.1. The summed E-state index contributed by atoms with van der Waals surface area (Å²) in [6, 6.07) is 6.39. The molecule has 2 heterocycles. The zero-order valence-corrected chi connectivity index (χ0v) is 11.1. The minimum Gasteiger partial charge on any atom is -0.371 e. The lowest BCUT2D eigenvalue weighted by Gasteiger charge is -2.34. The molecule has 96 valence electrons. The van der Waals surface area contributed by atoms with Crippen LogP contribution in [0.2, 0.25) is 0 Å². The molecular weight excluding hydrogens is 224 g/mol. The van der Waals surface area contributed by atoms with Gasteiger partial charge in [-0.15, -0.1) is 0 Å². The van der Waals surface area contributed by atoms with Crippen LogP contribution in [-0.4, -0.2) is 19.0 Å². The number of hydrogen-bond acceptors (Lipinski definition) is 2. The van der Waals surface area contributed by atoms with Crippen molar-refractivity contribution in [2.75, 3.05) is 18.0 Å². The standard InChI is InChI=1S/C15H20N2O/c1-15(2)12-6-5-7-13(17-8-3-4-9-17)11(12)10-16-14(15)18/h5-7H,3-4,8-10H2,1-2H3,(H,16,18). The highest BCUT2D eigenvalue weighted by atomic mass is 16.2. The zero-order chi connectivity index (χ0) is 12.8. The smallest absolute Gasteiger partial charge is 0.230 e. The summed E-state index contributed by atoms with van der Waals surface area (Å²) in [5.41, 5.74) is 3.40. The topological polar surface area (TPSA) is 32.3 Å². The van der Waals surface area contributed by atoms with Gasteiger partial charge in [0.15, 0.2) is 0 Å². The number of carbonyl (C=O) groups is 1. The Morgan fingerprint density at radius 2 is 1.94 bits per heavy atom. The van der Waals surface area contributed by atoms with Gasteiger partial charge in [0.25, 0.3) is 0 Å². The van der Waals surface area contributed by atoms with Gasteiger partial charge in [0, 0.05) is 25.3 Å². The Balaban J connectivity index is 2.09. The third kappa shape index (κ3) is 1.61. The molecule has 0 spiro atoms. The molecule has 0 saturated carbocycles. The molecule has 3 heteroatoms. The minimum absolute atomic E-state index is 0.133. The lowest BCUT2D eigenvalue weighted by atomic mass is 9.78. The van der Waals surface area contributed by atoms with Gasteiger partial charge in [-0.3, -0.25) is 4.79 Å². The quantitative estimate of drug-likeness (QED) is 0.821. The van der Waals surface area contributed by atoms with Gasteiger partial charge in [0.2, 0.25) is 5.91 Å². The Hall–Kier alpha value is -1.51. The molecule has 0 bridgehead atoms. The number of benzene rings is 1. The normalized spacial score (nSPS) is 21.7. The van der Waals surface area contributed by atoms with Gasteiger partial charge in [-0.1, -0.05) is 12.1 Å². The molecular formula is C15H20N2O. The largest absolute Gasteiger partial charge is 0.371 e. The van der Waals surface area contributed by atoms with Crippen LogP contribution in [-0.2, 0) is 16.8 Å². The van der Waals surface area contributed by atoms with E-state index >= 15 is 0 Å². The summed E-state index contributed by atoms with van der Waals surface area (Å²) in [5, 5.41) is 3.03. The second-order valence-corrected chi connectivity index (χ2v) is 5.81. The molecule has 1 N–H and O–H groups in total. The SMILES string of the molecule is CC1(C)C(=O)NCc2c(N3CCCC3)cccc21. The van der Waals surface area contributed by atoms with E-state index in [4.69, 9.17) is 0 Å².